The van der Waals surface area contributed by atoms with Gasteiger partial charge in [-0.2, -0.15) is 5.10 Å². The van der Waals surface area contributed by atoms with E-state index in [1.807, 2.05) is 46.1 Å². The largest absolute Gasteiger partial charge is 0.341 e. The first-order chi connectivity index (χ1) is 12.3. The Bertz CT molecular complexity index is 691. The lowest BCUT2D eigenvalue weighted by molar-refractivity contribution is -0.129. The third-order valence-electron chi connectivity index (χ3n) is 5.24. The fourth-order valence-corrected chi connectivity index (χ4v) is 3.79. The third kappa shape index (κ3) is 3.75. The molecule has 1 amide bonds. The van der Waals surface area contributed by atoms with E-state index in [4.69, 9.17) is 0 Å². The Kier molecular flexibility index (Phi) is 4.81. The highest BCUT2D eigenvalue weighted by Gasteiger charge is 2.30. The van der Waals surface area contributed by atoms with Gasteiger partial charge in [-0.25, -0.2) is 4.68 Å². The van der Waals surface area contributed by atoms with Crippen LogP contribution in [-0.4, -0.2) is 70.8 Å². The number of piperazine rings is 1. The molecule has 6 heteroatoms. The molecule has 3 heterocycles. The van der Waals surface area contributed by atoms with Gasteiger partial charge in [0.2, 0.25) is 5.91 Å². The SMILES string of the molecule is O=C(Cc1ccc(-n2cccn2)cc1)N1CCC(N2CCNCC2)C1. The molecule has 4 rings (SSSR count). The highest BCUT2D eigenvalue weighted by atomic mass is 16.2. The van der Waals surface area contributed by atoms with E-state index in [0.29, 0.717) is 12.5 Å². The summed E-state index contributed by atoms with van der Waals surface area (Å²) in [6.45, 7) is 6.09. The fraction of sp³-hybridized carbons (Fsp3) is 0.474. The molecular formula is C19H25N5O. The zero-order valence-corrected chi connectivity index (χ0v) is 14.5. The number of benzene rings is 1. The second kappa shape index (κ2) is 7.37. The fourth-order valence-electron chi connectivity index (χ4n) is 3.79. The summed E-state index contributed by atoms with van der Waals surface area (Å²) in [5, 5.41) is 7.62. The van der Waals surface area contributed by atoms with Crippen molar-refractivity contribution in [2.24, 2.45) is 0 Å². The summed E-state index contributed by atoms with van der Waals surface area (Å²) in [5.74, 6) is 0.240. The van der Waals surface area contributed by atoms with Crippen molar-refractivity contribution in [3.05, 3.63) is 48.3 Å². The van der Waals surface area contributed by atoms with Crippen molar-refractivity contribution in [3.63, 3.8) is 0 Å². The summed E-state index contributed by atoms with van der Waals surface area (Å²) in [6.07, 6.45) is 5.26. The van der Waals surface area contributed by atoms with Crippen molar-refractivity contribution >= 4 is 5.91 Å². The molecule has 1 unspecified atom stereocenters. The second-order valence-corrected chi connectivity index (χ2v) is 6.86. The van der Waals surface area contributed by atoms with Gasteiger partial charge < -0.3 is 10.2 Å². The molecule has 0 spiro atoms. The zero-order chi connectivity index (χ0) is 17.1. The minimum Gasteiger partial charge on any atom is -0.341 e. The van der Waals surface area contributed by atoms with E-state index >= 15 is 0 Å². The van der Waals surface area contributed by atoms with E-state index in [1.54, 1.807) is 6.20 Å². The van der Waals surface area contributed by atoms with Crippen LogP contribution in [0.3, 0.4) is 0 Å². The Morgan fingerprint density at radius 2 is 1.96 bits per heavy atom. The molecule has 25 heavy (non-hydrogen) atoms. The van der Waals surface area contributed by atoms with E-state index in [2.05, 4.69) is 15.3 Å². The van der Waals surface area contributed by atoms with Gasteiger partial charge in [0.25, 0.3) is 0 Å². The van der Waals surface area contributed by atoms with Crippen LogP contribution in [0.2, 0.25) is 0 Å². The molecule has 2 aliphatic heterocycles. The molecule has 0 bridgehead atoms. The average molecular weight is 339 g/mol. The molecule has 2 fully saturated rings. The van der Waals surface area contributed by atoms with Crippen molar-refractivity contribution in [2.45, 2.75) is 18.9 Å². The van der Waals surface area contributed by atoms with Crippen LogP contribution in [0.15, 0.2) is 42.7 Å². The molecule has 2 aliphatic rings. The van der Waals surface area contributed by atoms with Crippen LogP contribution >= 0.6 is 0 Å². The van der Waals surface area contributed by atoms with Crippen molar-refractivity contribution in [1.29, 1.82) is 0 Å². The molecular weight excluding hydrogens is 314 g/mol. The van der Waals surface area contributed by atoms with E-state index < -0.39 is 0 Å². The Labute approximate surface area is 148 Å². The van der Waals surface area contributed by atoms with Gasteiger partial charge in [-0.05, 0) is 30.2 Å². The number of carbonyl (C=O) groups is 1. The molecule has 1 atom stereocenters. The lowest BCUT2D eigenvalue weighted by Gasteiger charge is -2.32. The van der Waals surface area contributed by atoms with E-state index in [9.17, 15) is 4.79 Å². The van der Waals surface area contributed by atoms with Gasteiger partial charge >= 0.3 is 0 Å². The number of aromatic nitrogens is 2. The Morgan fingerprint density at radius 3 is 2.68 bits per heavy atom. The maximum Gasteiger partial charge on any atom is 0.227 e. The molecule has 6 nitrogen and oxygen atoms in total. The maximum atomic E-state index is 12.6. The summed E-state index contributed by atoms with van der Waals surface area (Å²) in [5.41, 5.74) is 2.08. The first kappa shape index (κ1) is 16.3. The number of nitrogens with one attached hydrogen (secondary N) is 1. The highest BCUT2D eigenvalue weighted by Crippen LogP contribution is 2.18. The van der Waals surface area contributed by atoms with Gasteiger partial charge in [-0.1, -0.05) is 12.1 Å². The quantitative estimate of drug-likeness (QED) is 0.900. The number of likely N-dealkylation sites (tertiary alicyclic amines) is 1. The van der Waals surface area contributed by atoms with Gasteiger partial charge in [-0.15, -0.1) is 0 Å². The summed E-state index contributed by atoms with van der Waals surface area (Å²) < 4.78 is 1.82. The number of carbonyl (C=O) groups excluding carboxylic acids is 1. The summed E-state index contributed by atoms with van der Waals surface area (Å²) >= 11 is 0. The van der Waals surface area contributed by atoms with Gasteiger partial charge in [0, 0.05) is 57.7 Å². The number of nitrogens with zero attached hydrogens (tertiary/aromatic N) is 4. The smallest absolute Gasteiger partial charge is 0.227 e. The van der Waals surface area contributed by atoms with Crippen LogP contribution in [0, 0.1) is 0 Å². The van der Waals surface area contributed by atoms with Gasteiger partial charge in [0.15, 0.2) is 0 Å². The molecule has 1 aromatic carbocycles. The maximum absolute atomic E-state index is 12.6. The van der Waals surface area contributed by atoms with Crippen LogP contribution < -0.4 is 5.32 Å². The van der Waals surface area contributed by atoms with E-state index in [-0.39, 0.29) is 5.91 Å². The number of hydrogen-bond donors (Lipinski definition) is 1. The van der Waals surface area contributed by atoms with Crippen molar-refractivity contribution in [1.82, 2.24) is 24.9 Å². The molecule has 0 saturated carbocycles. The zero-order valence-electron chi connectivity index (χ0n) is 14.5. The molecule has 132 valence electrons. The van der Waals surface area contributed by atoms with Crippen molar-refractivity contribution < 1.29 is 4.79 Å². The minimum atomic E-state index is 0.240. The van der Waals surface area contributed by atoms with Gasteiger partial charge in [0.05, 0.1) is 12.1 Å². The molecule has 0 aliphatic carbocycles. The second-order valence-electron chi connectivity index (χ2n) is 6.86. The molecule has 1 N–H and O–H groups in total. The minimum absolute atomic E-state index is 0.240. The lowest BCUT2D eigenvalue weighted by Crippen LogP contribution is -2.49. The van der Waals surface area contributed by atoms with Crippen LogP contribution in [0.5, 0.6) is 0 Å². The predicted molar refractivity (Wildman–Crippen MR) is 96.7 cm³/mol. The number of hydrogen-bond acceptors (Lipinski definition) is 4. The summed E-state index contributed by atoms with van der Waals surface area (Å²) in [6, 6.07) is 10.5. The van der Waals surface area contributed by atoms with E-state index in [1.165, 1.54) is 0 Å². The lowest BCUT2D eigenvalue weighted by atomic mass is 10.1. The van der Waals surface area contributed by atoms with Crippen LogP contribution in [0.4, 0.5) is 0 Å². The number of rotatable bonds is 4. The van der Waals surface area contributed by atoms with Crippen LogP contribution in [0.1, 0.15) is 12.0 Å². The van der Waals surface area contributed by atoms with Crippen molar-refractivity contribution in [2.75, 3.05) is 39.3 Å². The first-order valence-electron chi connectivity index (χ1n) is 9.11. The number of amides is 1. The van der Waals surface area contributed by atoms with Gasteiger partial charge in [0.1, 0.15) is 0 Å². The van der Waals surface area contributed by atoms with Crippen LogP contribution in [-0.2, 0) is 11.2 Å². The summed E-state index contributed by atoms with van der Waals surface area (Å²) in [7, 11) is 0. The third-order valence-corrected chi connectivity index (χ3v) is 5.24. The van der Waals surface area contributed by atoms with Crippen molar-refractivity contribution in [3.8, 4) is 5.69 Å². The van der Waals surface area contributed by atoms with Crippen LogP contribution in [0.25, 0.3) is 5.69 Å². The molecule has 2 aromatic rings. The molecule has 2 saturated heterocycles. The average Bonchev–Trinajstić information content (AvgIpc) is 3.35. The monoisotopic (exact) mass is 339 g/mol. The topological polar surface area (TPSA) is 53.4 Å². The first-order valence-corrected chi connectivity index (χ1v) is 9.11. The summed E-state index contributed by atoms with van der Waals surface area (Å²) in [4.78, 5) is 17.2. The Morgan fingerprint density at radius 1 is 1.16 bits per heavy atom. The normalized spacial score (nSPS) is 21.6. The highest BCUT2D eigenvalue weighted by molar-refractivity contribution is 5.79. The van der Waals surface area contributed by atoms with Gasteiger partial charge in [-0.3, -0.25) is 9.69 Å². The van der Waals surface area contributed by atoms with E-state index in [0.717, 1.165) is 56.9 Å². The Balaban J connectivity index is 1.33. The molecule has 1 aromatic heterocycles. The molecule has 0 radical (unpaired) electrons. The standard InChI is InChI=1S/C19H25N5O/c25-19(23-11-6-18(15-23)22-12-8-20-9-13-22)14-16-2-4-17(5-3-16)24-10-1-7-21-24/h1-5,7,10,18,20H,6,8-9,11-15H2. The predicted octanol–water partition coefficient (Wildman–Crippen LogP) is 0.921. The Hall–Kier alpha value is -2.18.